The third kappa shape index (κ3) is 2.67. The summed E-state index contributed by atoms with van der Waals surface area (Å²) >= 11 is 0. The van der Waals surface area contributed by atoms with Gasteiger partial charge in [0.1, 0.15) is 0 Å². The minimum atomic E-state index is -0.418. The summed E-state index contributed by atoms with van der Waals surface area (Å²) in [4.78, 5) is 10.5. The number of benzene rings is 1. The van der Waals surface area contributed by atoms with Crippen molar-refractivity contribution in [1.29, 1.82) is 0 Å². The lowest BCUT2D eigenvalue weighted by atomic mass is 10.1. The van der Waals surface area contributed by atoms with Gasteiger partial charge in [-0.25, -0.2) is 0 Å². The molecule has 20 heavy (non-hydrogen) atoms. The molecular weight excluding hydrogens is 260 g/mol. The molecule has 0 saturated carbocycles. The fraction of sp³-hybridized carbons (Fsp3) is 0.385. The van der Waals surface area contributed by atoms with Crippen molar-refractivity contribution < 1.29 is 9.34 Å². The van der Waals surface area contributed by atoms with E-state index in [0.717, 1.165) is 6.42 Å². The van der Waals surface area contributed by atoms with Crippen LogP contribution in [0.25, 0.3) is 11.5 Å². The molecule has 1 N–H and O–H groups in total. The van der Waals surface area contributed by atoms with Crippen LogP contribution in [0.1, 0.15) is 30.8 Å². The normalized spacial score (nSPS) is 12.3. The largest absolute Gasteiger partial charge is 0.419 e. The van der Waals surface area contributed by atoms with Crippen molar-refractivity contribution >= 4 is 5.69 Å². The first kappa shape index (κ1) is 14.1. The highest BCUT2D eigenvalue weighted by atomic mass is 16.6. The molecule has 0 bridgehead atoms. The van der Waals surface area contributed by atoms with Crippen molar-refractivity contribution in [1.82, 2.24) is 15.5 Å². The predicted octanol–water partition coefficient (Wildman–Crippen LogP) is 2.62. The van der Waals surface area contributed by atoms with Crippen LogP contribution in [0.4, 0.5) is 5.69 Å². The van der Waals surface area contributed by atoms with E-state index >= 15 is 0 Å². The molecule has 7 nitrogen and oxygen atoms in total. The van der Waals surface area contributed by atoms with Crippen molar-refractivity contribution in [3.05, 3.63) is 39.8 Å². The van der Waals surface area contributed by atoms with Gasteiger partial charge in [-0.05, 0) is 26.5 Å². The van der Waals surface area contributed by atoms with Gasteiger partial charge < -0.3 is 9.73 Å². The number of hydrogen-bond donors (Lipinski definition) is 1. The second-order valence-electron chi connectivity index (χ2n) is 4.45. The van der Waals surface area contributed by atoms with E-state index in [0.29, 0.717) is 17.0 Å². The van der Waals surface area contributed by atoms with E-state index < -0.39 is 4.92 Å². The van der Waals surface area contributed by atoms with Crippen molar-refractivity contribution in [3.63, 3.8) is 0 Å². The lowest BCUT2D eigenvalue weighted by Crippen LogP contribution is -2.15. The first-order chi connectivity index (χ1) is 9.56. The van der Waals surface area contributed by atoms with Gasteiger partial charge in [-0.2, -0.15) is 0 Å². The summed E-state index contributed by atoms with van der Waals surface area (Å²) in [6, 6.07) is 4.84. The Morgan fingerprint density at radius 3 is 2.80 bits per heavy atom. The molecule has 2 rings (SSSR count). The van der Waals surface area contributed by atoms with Crippen LogP contribution in [0.2, 0.25) is 0 Å². The van der Waals surface area contributed by atoms with Crippen molar-refractivity contribution in [2.75, 3.05) is 7.05 Å². The van der Waals surface area contributed by atoms with Gasteiger partial charge in [0.05, 0.1) is 11.0 Å². The molecule has 0 aliphatic rings. The Morgan fingerprint density at radius 1 is 1.45 bits per heavy atom. The summed E-state index contributed by atoms with van der Waals surface area (Å²) in [6.07, 6.45) is 0.812. The topological polar surface area (TPSA) is 94.1 Å². The summed E-state index contributed by atoms with van der Waals surface area (Å²) in [5.41, 5.74) is 1.19. The van der Waals surface area contributed by atoms with E-state index in [9.17, 15) is 10.1 Å². The minimum Gasteiger partial charge on any atom is -0.419 e. The van der Waals surface area contributed by atoms with Crippen LogP contribution in [-0.4, -0.2) is 22.2 Å². The highest BCUT2D eigenvalue weighted by molar-refractivity contribution is 5.59. The maximum atomic E-state index is 10.9. The molecule has 0 spiro atoms. The van der Waals surface area contributed by atoms with Crippen LogP contribution in [0.15, 0.2) is 22.6 Å². The molecule has 0 saturated heterocycles. The van der Waals surface area contributed by atoms with Crippen molar-refractivity contribution in [2.45, 2.75) is 26.3 Å². The molecule has 1 aromatic heterocycles. The first-order valence-electron chi connectivity index (χ1n) is 6.32. The number of rotatable bonds is 5. The molecule has 106 valence electrons. The molecule has 1 atom stereocenters. The molecule has 1 aromatic carbocycles. The molecule has 1 heterocycles. The zero-order chi connectivity index (χ0) is 14.7. The predicted molar refractivity (Wildman–Crippen MR) is 73.2 cm³/mol. The van der Waals surface area contributed by atoms with Crippen LogP contribution in [-0.2, 0) is 0 Å². The summed E-state index contributed by atoms with van der Waals surface area (Å²) in [7, 11) is 1.81. The number of aryl methyl sites for hydroxylation is 1. The molecule has 0 radical (unpaired) electrons. The first-order valence-corrected chi connectivity index (χ1v) is 6.32. The monoisotopic (exact) mass is 276 g/mol. The summed E-state index contributed by atoms with van der Waals surface area (Å²) < 4.78 is 5.58. The Kier molecular flexibility index (Phi) is 4.09. The van der Waals surface area contributed by atoms with Gasteiger partial charge in [0.2, 0.25) is 11.8 Å². The number of nitro groups is 1. The lowest BCUT2D eigenvalue weighted by molar-refractivity contribution is -0.385. The highest BCUT2D eigenvalue weighted by Crippen LogP contribution is 2.27. The molecule has 0 aliphatic heterocycles. The van der Waals surface area contributed by atoms with Gasteiger partial charge in [0.25, 0.3) is 5.69 Å². The van der Waals surface area contributed by atoms with Crippen LogP contribution < -0.4 is 5.32 Å². The summed E-state index contributed by atoms with van der Waals surface area (Å²) in [6.45, 7) is 3.69. The maximum Gasteiger partial charge on any atom is 0.273 e. The zero-order valence-electron chi connectivity index (χ0n) is 11.6. The number of hydrogen-bond acceptors (Lipinski definition) is 6. The number of aromatic nitrogens is 2. The van der Waals surface area contributed by atoms with Crippen LogP contribution in [0.5, 0.6) is 0 Å². The maximum absolute atomic E-state index is 10.9. The van der Waals surface area contributed by atoms with E-state index in [1.54, 1.807) is 19.1 Å². The van der Waals surface area contributed by atoms with Gasteiger partial charge >= 0.3 is 0 Å². The molecule has 0 fully saturated rings. The summed E-state index contributed by atoms with van der Waals surface area (Å²) in [5.74, 6) is 0.769. The van der Waals surface area contributed by atoms with Crippen LogP contribution in [0, 0.1) is 17.0 Å². The molecule has 2 aromatic rings. The zero-order valence-corrected chi connectivity index (χ0v) is 11.6. The average molecular weight is 276 g/mol. The third-order valence-corrected chi connectivity index (χ3v) is 3.15. The Labute approximate surface area is 116 Å². The van der Waals surface area contributed by atoms with E-state index in [-0.39, 0.29) is 17.6 Å². The van der Waals surface area contributed by atoms with Gasteiger partial charge in [-0.1, -0.05) is 13.0 Å². The molecule has 7 heteroatoms. The van der Waals surface area contributed by atoms with Gasteiger partial charge in [0, 0.05) is 17.2 Å². The van der Waals surface area contributed by atoms with Crippen LogP contribution in [0.3, 0.4) is 0 Å². The fourth-order valence-corrected chi connectivity index (χ4v) is 1.93. The SMILES string of the molecule is CCC(NC)c1nnc(-c2ccc(C)c([N+](=O)[O-])c2)o1. The Morgan fingerprint density at radius 2 is 2.20 bits per heavy atom. The number of nitro benzene ring substituents is 1. The van der Waals surface area contributed by atoms with E-state index in [1.165, 1.54) is 6.07 Å². The van der Waals surface area contributed by atoms with E-state index in [4.69, 9.17) is 4.42 Å². The van der Waals surface area contributed by atoms with Gasteiger partial charge in [-0.15, -0.1) is 10.2 Å². The highest BCUT2D eigenvalue weighted by Gasteiger charge is 2.18. The Balaban J connectivity index is 2.37. The quantitative estimate of drug-likeness (QED) is 0.666. The van der Waals surface area contributed by atoms with E-state index in [1.807, 2.05) is 14.0 Å². The minimum absolute atomic E-state index is 0.0170. The molecule has 1 unspecified atom stereocenters. The van der Waals surface area contributed by atoms with E-state index in [2.05, 4.69) is 15.5 Å². The Bertz CT molecular complexity index is 620. The van der Waals surface area contributed by atoms with Crippen molar-refractivity contribution in [2.24, 2.45) is 0 Å². The summed E-state index contributed by atoms with van der Waals surface area (Å²) in [5, 5.41) is 21.9. The average Bonchev–Trinajstić information content (AvgIpc) is 2.90. The van der Waals surface area contributed by atoms with Crippen molar-refractivity contribution in [3.8, 4) is 11.5 Å². The second kappa shape index (κ2) is 5.79. The van der Waals surface area contributed by atoms with Gasteiger partial charge in [0.15, 0.2) is 0 Å². The Hall–Kier alpha value is -2.28. The molecular formula is C13H16N4O3. The second-order valence-corrected chi connectivity index (χ2v) is 4.45. The lowest BCUT2D eigenvalue weighted by Gasteiger charge is -2.07. The number of nitrogens with zero attached hydrogens (tertiary/aromatic N) is 3. The third-order valence-electron chi connectivity index (χ3n) is 3.15. The smallest absolute Gasteiger partial charge is 0.273 e. The van der Waals surface area contributed by atoms with Gasteiger partial charge in [-0.3, -0.25) is 10.1 Å². The molecule has 0 amide bonds. The molecule has 0 aliphatic carbocycles. The van der Waals surface area contributed by atoms with Crippen LogP contribution >= 0.6 is 0 Å². The fourth-order valence-electron chi connectivity index (χ4n) is 1.93. The standard InChI is InChI=1S/C13H16N4O3/c1-4-10(14-3)13-16-15-12(20-13)9-6-5-8(2)11(7-9)17(18)19/h5-7,10,14H,4H2,1-3H3. The number of nitrogens with one attached hydrogen (secondary N) is 1.